The number of hydrogen-bond acceptors (Lipinski definition) is 2. The third-order valence-electron chi connectivity index (χ3n) is 2.66. The third-order valence-corrected chi connectivity index (χ3v) is 3.20. The highest BCUT2D eigenvalue weighted by Crippen LogP contribution is 2.24. The van der Waals surface area contributed by atoms with Gasteiger partial charge < -0.3 is 5.11 Å². The Labute approximate surface area is 118 Å². The highest BCUT2D eigenvalue weighted by Gasteiger charge is 2.15. The van der Waals surface area contributed by atoms with Crippen molar-refractivity contribution < 1.29 is 9.90 Å². The van der Waals surface area contributed by atoms with Gasteiger partial charge in [0.25, 0.3) is 5.56 Å². The Balaban J connectivity index is 2.78. The van der Waals surface area contributed by atoms with Gasteiger partial charge in [-0.1, -0.05) is 23.2 Å². The Kier molecular flexibility index (Phi) is 3.64. The number of aryl methyl sites for hydroxylation is 1. The molecule has 0 aliphatic rings. The number of hydrogen-bond donors (Lipinski definition) is 1. The Hall–Kier alpha value is -1.78. The van der Waals surface area contributed by atoms with Crippen molar-refractivity contribution in [2.24, 2.45) is 0 Å². The van der Waals surface area contributed by atoms with Crippen LogP contribution in [0, 0.1) is 6.92 Å². The summed E-state index contributed by atoms with van der Waals surface area (Å²) >= 11 is 11.8. The lowest BCUT2D eigenvalue weighted by atomic mass is 10.2. The van der Waals surface area contributed by atoms with Crippen LogP contribution >= 0.6 is 23.2 Å². The standard InChI is InChI=1S/C13H9Cl2NO3/c1-7-2-4-9(13(18)19)12(17)16(7)11-5-3-8(14)6-10(11)15/h2-6H,1H3,(H,18,19). The second-order valence-corrected chi connectivity index (χ2v) is 4.77. The molecule has 1 N–H and O–H groups in total. The maximum atomic E-state index is 12.2. The average Bonchev–Trinajstić information content (AvgIpc) is 2.31. The molecular weight excluding hydrogens is 289 g/mol. The van der Waals surface area contributed by atoms with E-state index in [4.69, 9.17) is 28.3 Å². The van der Waals surface area contributed by atoms with E-state index in [-0.39, 0.29) is 10.6 Å². The van der Waals surface area contributed by atoms with E-state index >= 15 is 0 Å². The molecule has 2 aromatic rings. The minimum Gasteiger partial charge on any atom is -0.477 e. The van der Waals surface area contributed by atoms with E-state index in [1.54, 1.807) is 25.1 Å². The molecule has 0 saturated heterocycles. The van der Waals surface area contributed by atoms with Crippen molar-refractivity contribution in [2.75, 3.05) is 0 Å². The SMILES string of the molecule is Cc1ccc(C(=O)O)c(=O)n1-c1ccc(Cl)cc1Cl. The fraction of sp³-hybridized carbons (Fsp3) is 0.0769. The van der Waals surface area contributed by atoms with Gasteiger partial charge in [0.05, 0.1) is 10.7 Å². The van der Waals surface area contributed by atoms with E-state index in [1.807, 2.05) is 0 Å². The molecule has 0 fully saturated rings. The molecule has 1 aromatic heterocycles. The molecule has 0 unspecified atom stereocenters. The summed E-state index contributed by atoms with van der Waals surface area (Å²) in [6.45, 7) is 1.69. The van der Waals surface area contributed by atoms with Crippen molar-refractivity contribution in [3.05, 3.63) is 62.0 Å². The van der Waals surface area contributed by atoms with E-state index in [0.717, 1.165) is 0 Å². The zero-order chi connectivity index (χ0) is 14.2. The average molecular weight is 298 g/mol. The van der Waals surface area contributed by atoms with Crippen molar-refractivity contribution in [2.45, 2.75) is 6.92 Å². The fourth-order valence-electron chi connectivity index (χ4n) is 1.76. The molecule has 19 heavy (non-hydrogen) atoms. The number of carboxylic acid groups (broad SMARTS) is 1. The topological polar surface area (TPSA) is 59.3 Å². The Bertz CT molecular complexity index is 722. The van der Waals surface area contributed by atoms with Crippen LogP contribution in [0.2, 0.25) is 10.0 Å². The van der Waals surface area contributed by atoms with Gasteiger partial charge in [-0.15, -0.1) is 0 Å². The van der Waals surface area contributed by atoms with Crippen molar-refractivity contribution >= 4 is 29.2 Å². The van der Waals surface area contributed by atoms with Crippen LogP contribution in [0.1, 0.15) is 16.1 Å². The summed E-state index contributed by atoms with van der Waals surface area (Å²) in [6, 6.07) is 7.49. The van der Waals surface area contributed by atoms with Gasteiger partial charge in [0.15, 0.2) is 0 Å². The first-order valence-electron chi connectivity index (χ1n) is 5.33. The first-order chi connectivity index (χ1) is 8.91. The maximum absolute atomic E-state index is 12.2. The summed E-state index contributed by atoms with van der Waals surface area (Å²) in [5, 5.41) is 9.69. The zero-order valence-corrected chi connectivity index (χ0v) is 11.4. The van der Waals surface area contributed by atoms with E-state index in [1.165, 1.54) is 16.7 Å². The number of carboxylic acids is 1. The van der Waals surface area contributed by atoms with E-state index in [0.29, 0.717) is 16.4 Å². The van der Waals surface area contributed by atoms with Crippen LogP contribution in [-0.4, -0.2) is 15.6 Å². The molecule has 0 aliphatic heterocycles. The molecule has 0 saturated carbocycles. The van der Waals surface area contributed by atoms with Crippen LogP contribution in [0.3, 0.4) is 0 Å². The Morgan fingerprint density at radius 2 is 1.89 bits per heavy atom. The summed E-state index contributed by atoms with van der Waals surface area (Å²) in [5.41, 5.74) is 0.0456. The summed E-state index contributed by atoms with van der Waals surface area (Å²) < 4.78 is 1.25. The number of benzene rings is 1. The van der Waals surface area contributed by atoms with Gasteiger partial charge in [-0.05, 0) is 37.3 Å². The molecule has 0 atom stereocenters. The molecule has 6 heteroatoms. The van der Waals surface area contributed by atoms with Gasteiger partial charge in [0, 0.05) is 10.7 Å². The quantitative estimate of drug-likeness (QED) is 0.926. The molecule has 0 spiro atoms. The predicted molar refractivity (Wildman–Crippen MR) is 73.8 cm³/mol. The number of nitrogens with zero attached hydrogens (tertiary/aromatic N) is 1. The van der Waals surface area contributed by atoms with Crippen LogP contribution in [0.15, 0.2) is 35.1 Å². The summed E-state index contributed by atoms with van der Waals surface area (Å²) in [6.07, 6.45) is 0. The van der Waals surface area contributed by atoms with Crippen LogP contribution < -0.4 is 5.56 Å². The van der Waals surface area contributed by atoms with E-state index in [2.05, 4.69) is 0 Å². The second kappa shape index (κ2) is 5.07. The molecular formula is C13H9Cl2NO3. The van der Waals surface area contributed by atoms with Gasteiger partial charge >= 0.3 is 5.97 Å². The zero-order valence-electron chi connectivity index (χ0n) is 9.85. The highest BCUT2D eigenvalue weighted by atomic mass is 35.5. The van der Waals surface area contributed by atoms with Gasteiger partial charge in [-0.3, -0.25) is 9.36 Å². The molecule has 1 heterocycles. The number of carbonyl (C=O) groups is 1. The van der Waals surface area contributed by atoms with Gasteiger partial charge in [0.2, 0.25) is 0 Å². The van der Waals surface area contributed by atoms with Crippen molar-refractivity contribution in [3.8, 4) is 5.69 Å². The van der Waals surface area contributed by atoms with Crippen molar-refractivity contribution in [1.82, 2.24) is 4.57 Å². The lowest BCUT2D eigenvalue weighted by molar-refractivity contribution is 0.0694. The lowest BCUT2D eigenvalue weighted by Gasteiger charge is -2.12. The van der Waals surface area contributed by atoms with Gasteiger partial charge in [0.1, 0.15) is 5.56 Å². The summed E-state index contributed by atoms with van der Waals surface area (Å²) in [4.78, 5) is 23.1. The summed E-state index contributed by atoms with van der Waals surface area (Å²) in [7, 11) is 0. The highest BCUT2D eigenvalue weighted by molar-refractivity contribution is 6.35. The molecule has 0 amide bonds. The van der Waals surface area contributed by atoms with E-state index in [9.17, 15) is 9.59 Å². The van der Waals surface area contributed by atoms with Gasteiger partial charge in [-0.2, -0.15) is 0 Å². The molecule has 0 aliphatic carbocycles. The molecule has 0 radical (unpaired) electrons. The molecule has 1 aromatic carbocycles. The Morgan fingerprint density at radius 1 is 1.21 bits per heavy atom. The third kappa shape index (κ3) is 2.50. The lowest BCUT2D eigenvalue weighted by Crippen LogP contribution is -2.26. The van der Waals surface area contributed by atoms with Gasteiger partial charge in [-0.25, -0.2) is 4.79 Å². The van der Waals surface area contributed by atoms with E-state index < -0.39 is 11.5 Å². The normalized spacial score (nSPS) is 10.5. The number of rotatable bonds is 2. The summed E-state index contributed by atoms with van der Waals surface area (Å²) in [5.74, 6) is -1.27. The molecule has 0 bridgehead atoms. The number of aromatic carboxylic acids is 1. The van der Waals surface area contributed by atoms with Crippen molar-refractivity contribution in [3.63, 3.8) is 0 Å². The van der Waals surface area contributed by atoms with Crippen LogP contribution in [0.25, 0.3) is 5.69 Å². The molecule has 98 valence electrons. The first-order valence-corrected chi connectivity index (χ1v) is 6.09. The minimum absolute atomic E-state index is 0.278. The van der Waals surface area contributed by atoms with Crippen molar-refractivity contribution in [1.29, 1.82) is 0 Å². The molecule has 4 nitrogen and oxygen atoms in total. The maximum Gasteiger partial charge on any atom is 0.341 e. The second-order valence-electron chi connectivity index (χ2n) is 3.93. The van der Waals surface area contributed by atoms with Crippen LogP contribution in [-0.2, 0) is 0 Å². The fourth-order valence-corrected chi connectivity index (χ4v) is 2.25. The number of halogens is 2. The Morgan fingerprint density at radius 3 is 2.47 bits per heavy atom. The first kappa shape index (κ1) is 13.6. The number of aromatic nitrogens is 1. The largest absolute Gasteiger partial charge is 0.477 e. The molecule has 2 rings (SSSR count). The van der Waals surface area contributed by atoms with Crippen LogP contribution in [0.4, 0.5) is 0 Å². The van der Waals surface area contributed by atoms with Crippen LogP contribution in [0.5, 0.6) is 0 Å². The minimum atomic E-state index is -1.27. The smallest absolute Gasteiger partial charge is 0.341 e. The predicted octanol–water partition coefficient (Wildman–Crippen LogP) is 3.15. The number of pyridine rings is 1. The monoisotopic (exact) mass is 297 g/mol.